The van der Waals surface area contributed by atoms with E-state index in [1.165, 1.54) is 0 Å². The second-order valence-corrected chi connectivity index (χ2v) is 29.0. The summed E-state index contributed by atoms with van der Waals surface area (Å²) in [6.45, 7) is 67.2. The highest BCUT2D eigenvalue weighted by Gasteiger charge is 2.27. The Bertz CT molecular complexity index is 2820. The third-order valence-corrected chi connectivity index (χ3v) is 17.2. The van der Waals surface area contributed by atoms with Crippen molar-refractivity contribution in [2.45, 2.75) is 98.7 Å². The van der Waals surface area contributed by atoms with Gasteiger partial charge in [0, 0.05) is 0 Å². The fourth-order valence-corrected chi connectivity index (χ4v) is 11.1. The molecule has 0 saturated carbocycles. The van der Waals surface area contributed by atoms with Crippen LogP contribution in [0.3, 0.4) is 0 Å². The largest absolute Gasteiger partial charge is 0.488 e. The van der Waals surface area contributed by atoms with Crippen LogP contribution in [0.2, 0.25) is 0 Å². The number of rotatable bonds is 107. The van der Waals surface area contributed by atoms with E-state index in [0.29, 0.717) is 50.8 Å². The van der Waals surface area contributed by atoms with Crippen LogP contribution in [0.15, 0.2) is 221 Å². The molecule has 131 heavy (non-hydrogen) atoms. The Balaban J connectivity index is 4.17. The van der Waals surface area contributed by atoms with Gasteiger partial charge in [0.1, 0.15) is 85.5 Å². The van der Waals surface area contributed by atoms with Crippen LogP contribution in [0.1, 0.15) is 11.1 Å². The maximum Gasteiger partial charge on any atom is 0.488 e. The van der Waals surface area contributed by atoms with Gasteiger partial charge in [0.2, 0.25) is 0 Å². The molecule has 0 aromatic heterocycles. The first-order chi connectivity index (χ1) is 64.2. The van der Waals surface area contributed by atoms with Crippen molar-refractivity contribution in [1.82, 2.24) is 0 Å². The minimum Gasteiger partial charge on any atom is -0.423 e. The van der Waals surface area contributed by atoms with Crippen LogP contribution < -0.4 is 5.46 Å². The smallest absolute Gasteiger partial charge is 0.423 e. The molecule has 1 aromatic carbocycles. The molecule has 0 heterocycles. The number of hydrogen-bond acceptors (Lipinski definition) is 32. The van der Waals surface area contributed by atoms with Crippen molar-refractivity contribution in [2.75, 3.05) is 291 Å². The maximum atomic E-state index is 10.9. The van der Waals surface area contributed by atoms with E-state index in [2.05, 4.69) is 105 Å². The standard InChI is InChI=1S/C98H159BO32/c1-17-33-102-54-85(118-41-25-9)62-112-70-91(126-76-93(122-45-29-13)58-106-37-21-5)72-116-68-89(128-80-97(130-78-95(124-47-31-15)60-108-39-23-7)74-114-64-87(120-43-27-11)56-104-35-19-3)66-110-52-82-49-83(51-84(50-82)99(100)101)53-111-67-90(129-81-98(131-79-96(125-48-32-16)61-109-40-24-8)75-115-65-88(121-44-28-12)57-105-36-20-4)69-117-73-92(127-77-94(123-46-30-14)59-107-38-22-6)71-113-63-86(119-42-26-10)55-103-34-18-2/h17-32,49-51,85-98,100-101H,1-16,33-48,52-81H2. The van der Waals surface area contributed by atoms with Crippen LogP contribution in [-0.2, 0) is 155 Å². The van der Waals surface area contributed by atoms with Crippen LogP contribution in [0, 0.1) is 0 Å². The van der Waals surface area contributed by atoms with Gasteiger partial charge in [-0.3, -0.25) is 0 Å². The molecule has 0 aliphatic carbocycles. The average molecular weight is 1860 g/mol. The Hall–Kier alpha value is -6.16. The molecular formula is C98H159BO32. The molecule has 0 radical (unpaired) electrons. The number of benzene rings is 1. The second kappa shape index (κ2) is 91.6. The van der Waals surface area contributed by atoms with Crippen molar-refractivity contribution in [3.63, 3.8) is 0 Å². The number of hydrogen-bond donors (Lipinski definition) is 2. The fourth-order valence-electron chi connectivity index (χ4n) is 11.1. The van der Waals surface area contributed by atoms with E-state index in [0.717, 1.165) is 0 Å². The highest BCUT2D eigenvalue weighted by molar-refractivity contribution is 6.58. The lowest BCUT2D eigenvalue weighted by atomic mass is 9.78. The molecule has 0 amide bonds. The van der Waals surface area contributed by atoms with Gasteiger partial charge in [0.25, 0.3) is 0 Å². The Kier molecular flexibility index (Phi) is 85.9. The lowest BCUT2D eigenvalue weighted by Gasteiger charge is -2.27. The molecule has 0 aliphatic rings. The van der Waals surface area contributed by atoms with E-state index >= 15 is 0 Å². The Morgan fingerprint density at radius 3 is 0.450 bits per heavy atom. The average Bonchev–Trinajstić information content (AvgIpc) is 0.853. The van der Waals surface area contributed by atoms with E-state index in [1.807, 2.05) is 6.07 Å². The molecule has 1 rings (SSSR count). The minimum atomic E-state index is -1.91. The molecule has 33 heteroatoms. The van der Waals surface area contributed by atoms with E-state index in [-0.39, 0.29) is 270 Å². The molecule has 0 bridgehead atoms. The summed E-state index contributed by atoms with van der Waals surface area (Å²) in [4.78, 5) is 0. The van der Waals surface area contributed by atoms with Gasteiger partial charge in [-0.25, -0.2) is 0 Å². The molecular weight excluding hydrogens is 1700 g/mol. The molecule has 14 unspecified atom stereocenters. The van der Waals surface area contributed by atoms with Crippen LogP contribution in [0.25, 0.3) is 0 Å². The molecule has 0 aliphatic heterocycles. The first-order valence-electron chi connectivity index (χ1n) is 44.3. The van der Waals surface area contributed by atoms with E-state index in [4.69, 9.17) is 142 Å². The summed E-state index contributed by atoms with van der Waals surface area (Å²) >= 11 is 0. The molecule has 14 atom stereocenters. The summed E-state index contributed by atoms with van der Waals surface area (Å²) in [5.41, 5.74) is 1.25. The molecule has 2 N–H and O–H groups in total. The molecule has 1 aromatic rings. The molecule has 0 spiro atoms. The highest BCUT2D eigenvalue weighted by atomic mass is 16.7. The molecule has 0 fully saturated rings. The first-order valence-corrected chi connectivity index (χ1v) is 44.3. The lowest BCUT2D eigenvalue weighted by Crippen LogP contribution is -2.38. The molecule has 746 valence electrons. The fraction of sp³-hybridized carbons (Fsp3) is 0.612. The van der Waals surface area contributed by atoms with Gasteiger partial charge in [-0.05, 0) is 16.6 Å². The van der Waals surface area contributed by atoms with Crippen molar-refractivity contribution < 1.29 is 152 Å². The Morgan fingerprint density at radius 1 is 0.168 bits per heavy atom. The van der Waals surface area contributed by atoms with Gasteiger partial charge in [0.05, 0.1) is 304 Å². The summed E-state index contributed by atoms with van der Waals surface area (Å²) in [5.74, 6) is 0. The Labute approximate surface area is 782 Å². The van der Waals surface area contributed by atoms with Gasteiger partial charge >= 0.3 is 7.12 Å². The zero-order valence-electron chi connectivity index (χ0n) is 78.1. The van der Waals surface area contributed by atoms with Gasteiger partial charge in [-0.15, -0.1) is 105 Å². The minimum absolute atomic E-state index is 0.00655. The third kappa shape index (κ3) is 72.0. The van der Waals surface area contributed by atoms with Gasteiger partial charge in [0.15, 0.2) is 0 Å². The first kappa shape index (κ1) is 123. The highest BCUT2D eigenvalue weighted by Crippen LogP contribution is 2.16. The van der Waals surface area contributed by atoms with Crippen molar-refractivity contribution in [2.24, 2.45) is 0 Å². The Morgan fingerprint density at radius 2 is 0.298 bits per heavy atom. The summed E-state index contributed by atoms with van der Waals surface area (Å²) in [6.07, 6.45) is 18.0. The van der Waals surface area contributed by atoms with Crippen molar-refractivity contribution >= 4 is 12.6 Å². The molecule has 0 saturated heterocycles. The van der Waals surface area contributed by atoms with Crippen LogP contribution in [-0.4, -0.2) is 393 Å². The summed E-state index contributed by atoms with van der Waals surface area (Å²) in [6, 6.07) is 5.06. The zero-order chi connectivity index (χ0) is 95.6. The normalized spacial score (nSPS) is 14.7. The predicted octanol–water partition coefficient (Wildman–Crippen LogP) is 9.00. The van der Waals surface area contributed by atoms with E-state index in [1.54, 1.807) is 109 Å². The zero-order valence-corrected chi connectivity index (χ0v) is 78.1. The van der Waals surface area contributed by atoms with Crippen LogP contribution >= 0.6 is 0 Å². The predicted molar refractivity (Wildman–Crippen MR) is 507 cm³/mol. The SMILES string of the molecule is C=CCOCC(COCC(COCC(COCc1cc(COCC(COCC(COCC(COCC=C)OCC=C)OCC(COCC=C)OCC=C)OCC(COCC(COCC=C)OCC=C)OCC(COCC=C)OCC=C)cc(B(O)O)c1)OCC(COCC(COCC=C)OCC=C)OCC(COCC=C)OCC=C)OCC(COCC=C)OCC=C)OCC=C. The van der Waals surface area contributed by atoms with Crippen LogP contribution in [0.4, 0.5) is 0 Å². The topological polar surface area (TPSA) is 317 Å². The quantitative estimate of drug-likeness (QED) is 0.0349. The summed E-state index contributed by atoms with van der Waals surface area (Å²) in [5, 5.41) is 21.8. The lowest BCUT2D eigenvalue weighted by molar-refractivity contribution is -0.144. The summed E-state index contributed by atoms with van der Waals surface area (Å²) < 4.78 is 186. The molecule has 32 nitrogen and oxygen atoms in total. The van der Waals surface area contributed by atoms with Crippen LogP contribution in [0.5, 0.6) is 0 Å². The monoisotopic (exact) mass is 1860 g/mol. The van der Waals surface area contributed by atoms with Crippen molar-refractivity contribution in [3.05, 3.63) is 232 Å². The van der Waals surface area contributed by atoms with Crippen molar-refractivity contribution in [3.8, 4) is 0 Å². The third-order valence-electron chi connectivity index (χ3n) is 17.2. The maximum absolute atomic E-state index is 10.9. The van der Waals surface area contributed by atoms with Gasteiger partial charge in [-0.2, -0.15) is 0 Å². The summed E-state index contributed by atoms with van der Waals surface area (Å²) in [7, 11) is -1.91. The van der Waals surface area contributed by atoms with Gasteiger partial charge in [-0.1, -0.05) is 115 Å². The number of ether oxygens (including phenoxy) is 30. The van der Waals surface area contributed by atoms with E-state index < -0.39 is 92.6 Å². The van der Waals surface area contributed by atoms with E-state index in [9.17, 15) is 10.0 Å². The van der Waals surface area contributed by atoms with Crippen molar-refractivity contribution in [1.29, 1.82) is 0 Å². The second-order valence-electron chi connectivity index (χ2n) is 29.0. The van der Waals surface area contributed by atoms with Gasteiger partial charge < -0.3 is 152 Å².